The number of pyridine rings is 2. The first-order valence-corrected chi connectivity index (χ1v) is 21.1. The number of aryl methyl sites for hydroxylation is 1. The van der Waals surface area contributed by atoms with Crippen molar-refractivity contribution in [2.45, 2.75) is 24.2 Å². The molecule has 0 unspecified atom stereocenters. The number of benzene rings is 4. The van der Waals surface area contributed by atoms with Gasteiger partial charge in [-0.05, 0) is 29.0 Å². The number of rotatable bonds is 4. The maximum atomic E-state index is 8.22. The van der Waals surface area contributed by atoms with Gasteiger partial charge in [-0.25, -0.2) is 0 Å². The second kappa shape index (κ2) is 13.2. The Kier molecular flexibility index (Phi) is 7.56. The molecule has 0 bridgehead atoms. The molecule has 0 amide bonds. The van der Waals surface area contributed by atoms with Gasteiger partial charge in [0.05, 0.1) is 12.4 Å². The Morgan fingerprint density at radius 1 is 0.767 bits per heavy atom. The van der Waals surface area contributed by atoms with Crippen LogP contribution in [0.3, 0.4) is 0 Å². The van der Waals surface area contributed by atoms with Crippen molar-refractivity contribution >= 4 is 39.6 Å². The predicted molar refractivity (Wildman–Crippen MR) is 177 cm³/mol. The van der Waals surface area contributed by atoms with Crippen LogP contribution in [0, 0.1) is 19.1 Å². The van der Waals surface area contributed by atoms with Crippen LogP contribution in [0.15, 0.2) is 126 Å². The van der Waals surface area contributed by atoms with Crippen LogP contribution in [-0.4, -0.2) is 23.2 Å². The minimum absolute atomic E-state index is 0. The van der Waals surface area contributed by atoms with E-state index in [9.17, 15) is 0 Å². The Morgan fingerprint density at radius 2 is 1.58 bits per heavy atom. The van der Waals surface area contributed by atoms with E-state index in [1.54, 1.807) is 18.3 Å². The summed E-state index contributed by atoms with van der Waals surface area (Å²) in [4.78, 5) is 8.98. The summed E-state index contributed by atoms with van der Waals surface area (Å²) in [6, 6.07) is 29.7. The first-order chi connectivity index (χ1) is 22.5. The summed E-state index contributed by atoms with van der Waals surface area (Å²) in [5.41, 5.74) is 6.82. The molecule has 0 aliphatic carbocycles. The molecule has 215 valence electrons. The molecule has 3 nitrogen and oxygen atoms in total. The van der Waals surface area contributed by atoms with Crippen LogP contribution in [0.4, 0.5) is 0 Å². The molecular weight excluding hydrogens is 765 g/mol. The van der Waals surface area contributed by atoms with Crippen molar-refractivity contribution in [2.75, 3.05) is 0 Å². The molecule has 1 radical (unpaired) electrons. The number of furan rings is 1. The summed E-state index contributed by atoms with van der Waals surface area (Å²) >= 11 is -1.77. The second-order valence-electron chi connectivity index (χ2n) is 11.0. The van der Waals surface area contributed by atoms with Gasteiger partial charge in [0, 0.05) is 31.7 Å². The number of hydrogen-bond acceptors (Lipinski definition) is 3. The van der Waals surface area contributed by atoms with Gasteiger partial charge < -0.3 is 9.40 Å². The van der Waals surface area contributed by atoms with Crippen LogP contribution in [-0.2, 0) is 20.1 Å². The average molecular weight is 803 g/mol. The Labute approximate surface area is 276 Å². The SMILES string of the molecule is Cc1cc(-c2[c-]cccc2)nc[c]1[Ge]([CH3])([CH3])[CH3].[2H]c1c([2H])c([2H])c(-c2ccc3c(c2)oc2c(-c4ccccn4)[c-]ccc23)c([2H])c1[2H].[Ir]. The van der Waals surface area contributed by atoms with Crippen molar-refractivity contribution in [3.05, 3.63) is 139 Å². The molecule has 7 aromatic rings. The van der Waals surface area contributed by atoms with Crippen LogP contribution in [0.25, 0.3) is 55.6 Å². The zero-order chi connectivity index (χ0) is 33.5. The zero-order valence-corrected chi connectivity index (χ0v) is 28.8. The van der Waals surface area contributed by atoms with E-state index in [1.165, 1.54) is 9.96 Å². The first kappa shape index (κ1) is 24.6. The van der Waals surface area contributed by atoms with Crippen LogP contribution < -0.4 is 4.40 Å². The van der Waals surface area contributed by atoms with Gasteiger partial charge in [-0.3, -0.25) is 0 Å². The molecule has 3 heterocycles. The minimum Gasteiger partial charge on any atom is -0.501 e. The number of aromatic nitrogens is 2. The van der Waals surface area contributed by atoms with Crippen molar-refractivity contribution in [1.82, 2.24) is 9.97 Å². The van der Waals surface area contributed by atoms with Gasteiger partial charge in [-0.2, -0.15) is 0 Å². The molecule has 0 atom stereocenters. The molecule has 3 aromatic heterocycles. The third kappa shape index (κ3) is 6.73. The van der Waals surface area contributed by atoms with E-state index >= 15 is 0 Å². The predicted octanol–water partition coefficient (Wildman–Crippen LogP) is 9.52. The Balaban J connectivity index is 0.000000214. The largest absolute Gasteiger partial charge is 0.501 e. The number of hydrogen-bond donors (Lipinski definition) is 0. The van der Waals surface area contributed by atoms with Gasteiger partial charge in [-0.15, -0.1) is 18.2 Å². The maximum absolute atomic E-state index is 8.22. The van der Waals surface area contributed by atoms with Crippen molar-refractivity contribution in [3.63, 3.8) is 0 Å². The summed E-state index contributed by atoms with van der Waals surface area (Å²) in [7, 11) is 0. The fraction of sp³-hybridized carbons (Fsp3) is 0.105. The van der Waals surface area contributed by atoms with Crippen LogP contribution >= 0.6 is 0 Å². The molecule has 0 aliphatic heterocycles. The van der Waals surface area contributed by atoms with Gasteiger partial charge >= 0.3 is 106 Å². The first-order valence-electron chi connectivity index (χ1n) is 16.3. The molecule has 0 N–H and O–H groups in total. The molecule has 0 spiro atoms. The van der Waals surface area contributed by atoms with E-state index in [0.717, 1.165) is 33.3 Å². The third-order valence-electron chi connectivity index (χ3n) is 7.05. The van der Waals surface area contributed by atoms with Crippen LogP contribution in [0.1, 0.15) is 12.4 Å². The monoisotopic (exact) mass is 804 g/mol. The fourth-order valence-corrected chi connectivity index (χ4v) is 8.61. The summed E-state index contributed by atoms with van der Waals surface area (Å²) in [5.74, 6) is 7.20. The van der Waals surface area contributed by atoms with Gasteiger partial charge in [0.25, 0.3) is 0 Å². The Hall–Kier alpha value is -3.83. The molecular formula is C38H32GeIrN2O-2. The summed E-state index contributed by atoms with van der Waals surface area (Å²) in [6.45, 7) is 2.19. The van der Waals surface area contributed by atoms with Crippen LogP contribution in [0.5, 0.6) is 0 Å². The molecule has 0 aliphatic rings. The van der Waals surface area contributed by atoms with Crippen molar-refractivity contribution in [2.24, 2.45) is 0 Å². The second-order valence-corrected chi connectivity index (χ2v) is 21.6. The van der Waals surface area contributed by atoms with E-state index in [2.05, 4.69) is 64.6 Å². The van der Waals surface area contributed by atoms with E-state index in [-0.39, 0.29) is 49.8 Å². The molecule has 0 saturated carbocycles. The van der Waals surface area contributed by atoms with Crippen molar-refractivity contribution in [3.8, 4) is 33.6 Å². The third-order valence-corrected chi connectivity index (χ3v) is 11.5. The zero-order valence-electron chi connectivity index (χ0n) is 29.3. The van der Waals surface area contributed by atoms with Crippen molar-refractivity contribution < 1.29 is 31.4 Å². The Morgan fingerprint density at radius 3 is 2.28 bits per heavy atom. The molecule has 0 saturated heterocycles. The average Bonchev–Trinajstić information content (AvgIpc) is 3.45. The standard InChI is InChI=1S/C23H14NO.C15H18GeN.Ir/c1-2-7-16(8-3-1)17-12-13-18-19-9-6-10-20(21-11-4-5-14-24-21)23(19)25-22(18)15-17;1-12-10-15(13-8-6-5-7-9-13)17-11-14(12)16(2,3)4;/h1-9,11-15H;5-8,10-11H,1-4H3;/q2*-1;/i1D,2D,3D,7D,8D;;. The summed E-state index contributed by atoms with van der Waals surface area (Å²) in [6.07, 6.45) is 3.78. The van der Waals surface area contributed by atoms with E-state index in [0.29, 0.717) is 16.7 Å². The number of nitrogens with zero attached hydrogens (tertiary/aromatic N) is 2. The quantitative estimate of drug-likeness (QED) is 0.132. The minimum atomic E-state index is -1.77. The molecule has 5 heteroatoms. The maximum Gasteiger partial charge on any atom is 0.121 e. The van der Waals surface area contributed by atoms with E-state index in [1.807, 2.05) is 54.6 Å². The van der Waals surface area contributed by atoms with Gasteiger partial charge in [0.1, 0.15) is 5.58 Å². The summed E-state index contributed by atoms with van der Waals surface area (Å²) in [5, 5.41) is 1.77. The number of fused-ring (bicyclic) bond motifs is 3. The van der Waals surface area contributed by atoms with E-state index < -0.39 is 19.3 Å². The summed E-state index contributed by atoms with van der Waals surface area (Å²) < 4.78 is 47.7. The van der Waals surface area contributed by atoms with Gasteiger partial charge in [-0.1, -0.05) is 65.4 Å². The van der Waals surface area contributed by atoms with Crippen molar-refractivity contribution in [1.29, 1.82) is 0 Å². The van der Waals surface area contributed by atoms with Gasteiger partial charge in [0.2, 0.25) is 0 Å². The van der Waals surface area contributed by atoms with E-state index in [4.69, 9.17) is 11.3 Å². The molecule has 0 fully saturated rings. The van der Waals surface area contributed by atoms with Crippen LogP contribution in [0.2, 0.25) is 17.3 Å². The van der Waals surface area contributed by atoms with Gasteiger partial charge in [0.15, 0.2) is 0 Å². The topological polar surface area (TPSA) is 38.9 Å². The molecule has 4 aromatic carbocycles. The molecule has 7 rings (SSSR count). The Bertz CT molecular complexity index is 2230. The molecule has 43 heavy (non-hydrogen) atoms. The normalized spacial score (nSPS) is 12.7. The smallest absolute Gasteiger partial charge is 0.121 e. The fourth-order valence-electron chi connectivity index (χ4n) is 5.03.